The van der Waals surface area contributed by atoms with Crippen LogP contribution in [0.3, 0.4) is 0 Å². The Morgan fingerprint density at radius 2 is 1.95 bits per heavy atom. The van der Waals surface area contributed by atoms with Gasteiger partial charge in [-0.15, -0.1) is 11.3 Å². The molecule has 1 unspecified atom stereocenters. The topological polar surface area (TPSA) is 40.7 Å². The van der Waals surface area contributed by atoms with Gasteiger partial charge in [0.2, 0.25) is 0 Å². The number of nitrogens with one attached hydrogen (secondary N) is 2. The van der Waals surface area contributed by atoms with Gasteiger partial charge in [0, 0.05) is 15.4 Å². The number of anilines is 1. The zero-order valence-electron chi connectivity index (χ0n) is 11.6. The van der Waals surface area contributed by atoms with Gasteiger partial charge in [-0.05, 0) is 43.7 Å². The fourth-order valence-electron chi connectivity index (χ4n) is 2.17. The van der Waals surface area contributed by atoms with Crippen LogP contribution in [0.5, 0.6) is 0 Å². The maximum absolute atomic E-state index is 4.04. The molecule has 1 atom stereocenters. The van der Waals surface area contributed by atoms with Gasteiger partial charge in [0.05, 0.1) is 24.3 Å². The first-order valence-corrected chi connectivity index (χ1v) is 7.46. The zero-order valence-corrected chi connectivity index (χ0v) is 12.4. The van der Waals surface area contributed by atoms with Crippen molar-refractivity contribution in [1.29, 1.82) is 0 Å². The average Bonchev–Trinajstić information content (AvgIpc) is 3.10. The molecule has 4 heteroatoms. The molecule has 0 bridgehead atoms. The van der Waals surface area contributed by atoms with Crippen molar-refractivity contribution in [2.45, 2.75) is 19.9 Å². The molecule has 3 nitrogen and oxygen atoms in total. The molecule has 2 N–H and O–H groups in total. The van der Waals surface area contributed by atoms with Gasteiger partial charge in [-0.3, -0.25) is 0 Å². The molecular formula is C16H17N3S. The summed E-state index contributed by atoms with van der Waals surface area (Å²) < 4.78 is 0. The Balaban J connectivity index is 1.72. The van der Waals surface area contributed by atoms with E-state index in [1.165, 1.54) is 9.75 Å². The summed E-state index contributed by atoms with van der Waals surface area (Å²) >= 11 is 1.84. The van der Waals surface area contributed by atoms with E-state index in [1.54, 1.807) is 6.33 Å². The summed E-state index contributed by atoms with van der Waals surface area (Å²) in [6, 6.07) is 13.1. The molecule has 0 radical (unpaired) electrons. The molecule has 0 fully saturated rings. The van der Waals surface area contributed by atoms with E-state index in [4.69, 9.17) is 0 Å². The molecule has 0 spiro atoms. The van der Waals surface area contributed by atoms with Crippen LogP contribution in [0, 0.1) is 6.92 Å². The standard InChI is InChI=1S/C16H17N3S/c1-11-3-8-16(20-11)12(2)19-14-6-4-13(5-7-14)15-9-17-10-18-15/h3-10,12,19H,1-2H3,(H,17,18). The lowest BCUT2D eigenvalue weighted by molar-refractivity contribution is 0.908. The molecule has 0 amide bonds. The first-order chi connectivity index (χ1) is 9.72. The summed E-state index contributed by atoms with van der Waals surface area (Å²) in [5.41, 5.74) is 3.32. The van der Waals surface area contributed by atoms with Crippen LogP contribution in [0.25, 0.3) is 11.3 Å². The van der Waals surface area contributed by atoms with Crippen LogP contribution < -0.4 is 5.32 Å². The smallest absolute Gasteiger partial charge is 0.0924 e. The molecule has 0 aliphatic rings. The van der Waals surface area contributed by atoms with Crippen LogP contribution in [-0.2, 0) is 0 Å². The summed E-state index contributed by atoms with van der Waals surface area (Å²) in [5.74, 6) is 0. The minimum absolute atomic E-state index is 0.326. The number of benzene rings is 1. The van der Waals surface area contributed by atoms with Crippen LogP contribution in [0.15, 0.2) is 48.9 Å². The van der Waals surface area contributed by atoms with Gasteiger partial charge in [0.15, 0.2) is 0 Å². The highest BCUT2D eigenvalue weighted by Crippen LogP contribution is 2.26. The summed E-state index contributed by atoms with van der Waals surface area (Å²) in [4.78, 5) is 9.87. The molecule has 3 aromatic rings. The van der Waals surface area contributed by atoms with Crippen LogP contribution in [0.1, 0.15) is 22.7 Å². The number of hydrogen-bond donors (Lipinski definition) is 2. The van der Waals surface area contributed by atoms with Crippen molar-refractivity contribution in [1.82, 2.24) is 9.97 Å². The highest BCUT2D eigenvalue weighted by Gasteiger charge is 2.07. The third-order valence-electron chi connectivity index (χ3n) is 3.27. The molecular weight excluding hydrogens is 266 g/mol. The number of hydrogen-bond acceptors (Lipinski definition) is 3. The number of H-pyrrole nitrogens is 1. The maximum atomic E-state index is 4.04. The monoisotopic (exact) mass is 283 g/mol. The summed E-state index contributed by atoms with van der Waals surface area (Å²) in [7, 11) is 0. The first kappa shape index (κ1) is 12.9. The van der Waals surface area contributed by atoms with Gasteiger partial charge < -0.3 is 10.3 Å². The van der Waals surface area contributed by atoms with Crippen LogP contribution >= 0.6 is 11.3 Å². The molecule has 0 saturated carbocycles. The number of thiophene rings is 1. The van der Waals surface area contributed by atoms with E-state index in [0.29, 0.717) is 6.04 Å². The zero-order chi connectivity index (χ0) is 13.9. The third kappa shape index (κ3) is 2.75. The molecule has 2 aromatic heterocycles. The quantitative estimate of drug-likeness (QED) is 0.733. The molecule has 0 aliphatic heterocycles. The van der Waals surface area contributed by atoms with E-state index in [0.717, 1.165) is 16.9 Å². The van der Waals surface area contributed by atoms with Gasteiger partial charge in [-0.2, -0.15) is 0 Å². The Bertz CT molecular complexity index is 668. The predicted molar refractivity (Wildman–Crippen MR) is 85.1 cm³/mol. The molecule has 3 rings (SSSR count). The minimum Gasteiger partial charge on any atom is -0.378 e. The highest BCUT2D eigenvalue weighted by atomic mass is 32.1. The largest absolute Gasteiger partial charge is 0.378 e. The molecule has 1 aromatic carbocycles. The van der Waals surface area contributed by atoms with Gasteiger partial charge in [-0.1, -0.05) is 12.1 Å². The summed E-state index contributed by atoms with van der Waals surface area (Å²) in [5, 5.41) is 3.53. The first-order valence-electron chi connectivity index (χ1n) is 6.64. The second-order valence-corrected chi connectivity index (χ2v) is 6.18. The van der Waals surface area contributed by atoms with Gasteiger partial charge in [0.25, 0.3) is 0 Å². The molecule has 0 saturated heterocycles. The lowest BCUT2D eigenvalue weighted by Gasteiger charge is -2.14. The Morgan fingerprint density at radius 3 is 2.55 bits per heavy atom. The number of aromatic nitrogens is 2. The minimum atomic E-state index is 0.326. The van der Waals surface area contributed by atoms with Crippen molar-refractivity contribution in [2.24, 2.45) is 0 Å². The van der Waals surface area contributed by atoms with E-state index in [2.05, 4.69) is 65.5 Å². The second-order valence-electron chi connectivity index (χ2n) is 4.86. The van der Waals surface area contributed by atoms with Crippen LogP contribution in [0.2, 0.25) is 0 Å². The van der Waals surface area contributed by atoms with Gasteiger partial charge >= 0.3 is 0 Å². The maximum Gasteiger partial charge on any atom is 0.0924 e. The predicted octanol–water partition coefficient (Wildman–Crippen LogP) is 4.62. The number of imidazole rings is 1. The van der Waals surface area contributed by atoms with E-state index in [1.807, 2.05) is 17.5 Å². The summed E-state index contributed by atoms with van der Waals surface area (Å²) in [6.45, 7) is 4.33. The fourth-order valence-corrected chi connectivity index (χ4v) is 3.05. The Hall–Kier alpha value is -2.07. The SMILES string of the molecule is Cc1ccc(C(C)Nc2ccc(-c3cnc[nH]3)cc2)s1. The van der Waals surface area contributed by atoms with E-state index < -0.39 is 0 Å². The van der Waals surface area contributed by atoms with Crippen molar-refractivity contribution in [3.63, 3.8) is 0 Å². The van der Waals surface area contributed by atoms with Crippen LogP contribution in [-0.4, -0.2) is 9.97 Å². The molecule has 20 heavy (non-hydrogen) atoms. The van der Waals surface area contributed by atoms with Gasteiger partial charge in [-0.25, -0.2) is 4.98 Å². The second kappa shape index (κ2) is 5.51. The normalized spacial score (nSPS) is 12.3. The van der Waals surface area contributed by atoms with Crippen molar-refractivity contribution < 1.29 is 0 Å². The van der Waals surface area contributed by atoms with E-state index in [9.17, 15) is 0 Å². The van der Waals surface area contributed by atoms with Crippen molar-refractivity contribution >= 4 is 17.0 Å². The highest BCUT2D eigenvalue weighted by molar-refractivity contribution is 7.12. The van der Waals surface area contributed by atoms with Crippen LogP contribution in [0.4, 0.5) is 5.69 Å². The Labute approximate surface area is 122 Å². The van der Waals surface area contributed by atoms with Crippen molar-refractivity contribution in [3.05, 3.63) is 58.7 Å². The van der Waals surface area contributed by atoms with Gasteiger partial charge in [0.1, 0.15) is 0 Å². The van der Waals surface area contributed by atoms with E-state index in [-0.39, 0.29) is 0 Å². The molecule has 0 aliphatic carbocycles. The number of aryl methyl sites for hydroxylation is 1. The molecule has 102 valence electrons. The number of aromatic amines is 1. The van der Waals surface area contributed by atoms with E-state index >= 15 is 0 Å². The fraction of sp³-hybridized carbons (Fsp3) is 0.188. The molecule has 2 heterocycles. The Kier molecular flexibility index (Phi) is 3.56. The van der Waals surface area contributed by atoms with Crippen molar-refractivity contribution in [3.8, 4) is 11.3 Å². The summed E-state index contributed by atoms with van der Waals surface area (Å²) in [6.07, 6.45) is 3.53. The average molecular weight is 283 g/mol. The Morgan fingerprint density at radius 1 is 1.15 bits per heavy atom. The lowest BCUT2D eigenvalue weighted by Crippen LogP contribution is -2.04. The number of nitrogens with zero attached hydrogens (tertiary/aromatic N) is 1. The number of rotatable bonds is 4. The lowest BCUT2D eigenvalue weighted by atomic mass is 10.1. The van der Waals surface area contributed by atoms with Crippen molar-refractivity contribution in [2.75, 3.05) is 5.32 Å². The third-order valence-corrected chi connectivity index (χ3v) is 4.45.